The predicted octanol–water partition coefficient (Wildman–Crippen LogP) is 5.88. The lowest BCUT2D eigenvalue weighted by atomic mass is 10.2. The van der Waals surface area contributed by atoms with Crippen LogP contribution in [0.3, 0.4) is 0 Å². The summed E-state index contributed by atoms with van der Waals surface area (Å²) in [5, 5.41) is 1.26. The van der Waals surface area contributed by atoms with E-state index in [0.717, 1.165) is 17.4 Å². The van der Waals surface area contributed by atoms with E-state index < -0.39 is 8.32 Å². The molecule has 5 heteroatoms. The van der Waals surface area contributed by atoms with E-state index in [9.17, 15) is 4.79 Å². The minimum atomic E-state index is -1.74. The summed E-state index contributed by atoms with van der Waals surface area (Å²) in [5.41, 5.74) is 1.65. The molecule has 3 aromatic rings. The molecule has 0 spiro atoms. The topological polar surface area (TPSA) is 40.5 Å². The second kappa shape index (κ2) is 7.93. The van der Waals surface area contributed by atoms with Gasteiger partial charge < -0.3 is 13.7 Å². The largest absolute Gasteiger partial charge is 0.423 e. The standard InChI is InChI=1S/C23H29NO3Si/c1-23(2,3)28(4,5)26-16-15-24-14-13-19-17-20(11-12-21(19)24)27-22(25)18-9-7-6-8-10-18/h6-14,17H,15-16H2,1-5H3. The second-order valence-corrected chi connectivity index (χ2v) is 13.4. The molecule has 0 radical (unpaired) electrons. The Balaban J connectivity index is 1.67. The fourth-order valence-electron chi connectivity index (χ4n) is 2.79. The van der Waals surface area contributed by atoms with E-state index in [2.05, 4.69) is 44.6 Å². The molecule has 0 aliphatic carbocycles. The zero-order valence-corrected chi connectivity index (χ0v) is 18.4. The highest BCUT2D eigenvalue weighted by Gasteiger charge is 2.36. The van der Waals surface area contributed by atoms with Gasteiger partial charge in [-0.2, -0.15) is 0 Å². The number of fused-ring (bicyclic) bond motifs is 1. The maximum absolute atomic E-state index is 12.2. The maximum atomic E-state index is 12.2. The third-order valence-corrected chi connectivity index (χ3v) is 10.1. The van der Waals surface area contributed by atoms with E-state index in [0.29, 0.717) is 17.9 Å². The minimum absolute atomic E-state index is 0.212. The number of hydrogen-bond acceptors (Lipinski definition) is 3. The van der Waals surface area contributed by atoms with Crippen molar-refractivity contribution in [1.82, 2.24) is 4.57 Å². The molecule has 0 atom stereocenters. The minimum Gasteiger partial charge on any atom is -0.423 e. The number of carbonyl (C=O) groups is 1. The summed E-state index contributed by atoms with van der Waals surface area (Å²) in [4.78, 5) is 12.2. The van der Waals surface area contributed by atoms with Gasteiger partial charge in [-0.15, -0.1) is 0 Å². The number of carbonyl (C=O) groups excluding carboxylic acids is 1. The summed E-state index contributed by atoms with van der Waals surface area (Å²) in [6.45, 7) is 12.8. The van der Waals surface area contributed by atoms with Crippen molar-refractivity contribution < 1.29 is 14.0 Å². The van der Waals surface area contributed by atoms with Crippen LogP contribution in [0.15, 0.2) is 60.8 Å². The van der Waals surface area contributed by atoms with E-state index in [4.69, 9.17) is 9.16 Å². The lowest BCUT2D eigenvalue weighted by molar-refractivity contribution is 0.0735. The zero-order chi connectivity index (χ0) is 20.4. The number of aromatic nitrogens is 1. The molecule has 3 rings (SSSR count). The van der Waals surface area contributed by atoms with Crippen LogP contribution in [0.4, 0.5) is 0 Å². The predicted molar refractivity (Wildman–Crippen MR) is 116 cm³/mol. The van der Waals surface area contributed by atoms with E-state index in [1.807, 2.05) is 42.5 Å². The van der Waals surface area contributed by atoms with E-state index in [1.54, 1.807) is 12.1 Å². The smallest absolute Gasteiger partial charge is 0.343 e. The number of nitrogens with zero attached hydrogens (tertiary/aromatic N) is 1. The fraction of sp³-hybridized carbons (Fsp3) is 0.348. The molecule has 0 amide bonds. The Morgan fingerprint density at radius 1 is 1.04 bits per heavy atom. The monoisotopic (exact) mass is 395 g/mol. The number of ether oxygens (including phenoxy) is 1. The van der Waals surface area contributed by atoms with Gasteiger partial charge in [0.2, 0.25) is 0 Å². The van der Waals surface area contributed by atoms with E-state index in [1.165, 1.54) is 0 Å². The zero-order valence-electron chi connectivity index (χ0n) is 17.4. The first-order valence-electron chi connectivity index (χ1n) is 9.67. The van der Waals surface area contributed by atoms with Crippen LogP contribution in [-0.2, 0) is 11.0 Å². The molecule has 0 N–H and O–H groups in total. The van der Waals surface area contributed by atoms with Crippen LogP contribution in [0.5, 0.6) is 5.75 Å². The molecule has 0 aliphatic heterocycles. The van der Waals surface area contributed by atoms with Crippen LogP contribution in [0.25, 0.3) is 10.9 Å². The molecule has 0 aliphatic rings. The Kier molecular flexibility index (Phi) is 5.77. The Morgan fingerprint density at radius 2 is 1.75 bits per heavy atom. The first-order chi connectivity index (χ1) is 13.2. The summed E-state index contributed by atoms with van der Waals surface area (Å²) >= 11 is 0. The molecule has 0 unspecified atom stereocenters. The van der Waals surface area contributed by atoms with Gasteiger partial charge in [-0.3, -0.25) is 0 Å². The quantitative estimate of drug-likeness (QED) is 0.297. The number of hydrogen-bond donors (Lipinski definition) is 0. The summed E-state index contributed by atoms with van der Waals surface area (Å²) in [5.74, 6) is 0.207. The molecule has 148 valence electrons. The molecular formula is C23H29NO3Si. The van der Waals surface area contributed by atoms with Crippen LogP contribution in [-0.4, -0.2) is 25.5 Å². The molecule has 4 nitrogen and oxygen atoms in total. The highest BCUT2D eigenvalue weighted by atomic mass is 28.4. The highest BCUT2D eigenvalue weighted by molar-refractivity contribution is 6.74. The van der Waals surface area contributed by atoms with Gasteiger partial charge in [-0.1, -0.05) is 39.0 Å². The van der Waals surface area contributed by atoms with Crippen molar-refractivity contribution in [2.75, 3.05) is 6.61 Å². The lowest BCUT2D eigenvalue weighted by Crippen LogP contribution is -2.41. The Hall–Kier alpha value is -2.37. The van der Waals surface area contributed by atoms with Crippen molar-refractivity contribution in [3.05, 3.63) is 66.4 Å². The van der Waals surface area contributed by atoms with Crippen LogP contribution in [0.1, 0.15) is 31.1 Å². The molecule has 1 aromatic heterocycles. The first-order valence-corrected chi connectivity index (χ1v) is 12.6. The van der Waals surface area contributed by atoms with Crippen LogP contribution < -0.4 is 4.74 Å². The van der Waals surface area contributed by atoms with Gasteiger partial charge in [0.25, 0.3) is 0 Å². The van der Waals surface area contributed by atoms with Crippen LogP contribution >= 0.6 is 0 Å². The van der Waals surface area contributed by atoms with Gasteiger partial charge in [0, 0.05) is 23.6 Å². The molecule has 28 heavy (non-hydrogen) atoms. The normalized spacial score (nSPS) is 12.3. The molecule has 0 fully saturated rings. The Labute approximate surface area is 168 Å². The summed E-state index contributed by atoms with van der Waals surface area (Å²) in [7, 11) is -1.74. The van der Waals surface area contributed by atoms with Crippen LogP contribution in [0.2, 0.25) is 18.1 Å². The second-order valence-electron chi connectivity index (χ2n) is 8.59. The summed E-state index contributed by atoms with van der Waals surface area (Å²) in [6.07, 6.45) is 2.06. The van der Waals surface area contributed by atoms with Crippen molar-refractivity contribution in [3.8, 4) is 5.75 Å². The van der Waals surface area contributed by atoms with Crippen molar-refractivity contribution in [3.63, 3.8) is 0 Å². The number of esters is 1. The Bertz CT molecular complexity index is 955. The SMILES string of the molecule is CC(C)(C)[Si](C)(C)OCCn1ccc2cc(OC(=O)c3ccccc3)ccc21. The maximum Gasteiger partial charge on any atom is 0.343 e. The third kappa shape index (κ3) is 4.54. The molecule has 2 aromatic carbocycles. The summed E-state index contributed by atoms with van der Waals surface area (Å²) in [6, 6.07) is 16.8. The molecule has 0 saturated carbocycles. The van der Waals surface area contributed by atoms with Gasteiger partial charge in [-0.25, -0.2) is 4.79 Å². The third-order valence-electron chi connectivity index (χ3n) is 5.56. The fourth-order valence-corrected chi connectivity index (χ4v) is 3.83. The molecule has 0 bridgehead atoms. The number of benzene rings is 2. The highest BCUT2D eigenvalue weighted by Crippen LogP contribution is 2.36. The van der Waals surface area contributed by atoms with Gasteiger partial charge in [-0.05, 0) is 54.5 Å². The van der Waals surface area contributed by atoms with Crippen LogP contribution in [0, 0.1) is 0 Å². The van der Waals surface area contributed by atoms with Gasteiger partial charge in [0.05, 0.1) is 12.2 Å². The number of rotatable bonds is 6. The van der Waals surface area contributed by atoms with Crippen molar-refractivity contribution in [1.29, 1.82) is 0 Å². The molecular weight excluding hydrogens is 366 g/mol. The average molecular weight is 396 g/mol. The molecule has 0 saturated heterocycles. The van der Waals surface area contributed by atoms with Gasteiger partial charge in [0.15, 0.2) is 8.32 Å². The van der Waals surface area contributed by atoms with Crippen molar-refractivity contribution >= 4 is 25.2 Å². The van der Waals surface area contributed by atoms with E-state index in [-0.39, 0.29) is 11.0 Å². The summed E-state index contributed by atoms with van der Waals surface area (Å²) < 4.78 is 14.0. The van der Waals surface area contributed by atoms with Gasteiger partial charge in [0.1, 0.15) is 5.75 Å². The van der Waals surface area contributed by atoms with Crippen molar-refractivity contribution in [2.45, 2.75) is 45.4 Å². The Morgan fingerprint density at radius 3 is 2.43 bits per heavy atom. The first kappa shape index (κ1) is 20.4. The molecule has 1 heterocycles. The van der Waals surface area contributed by atoms with Crippen molar-refractivity contribution in [2.24, 2.45) is 0 Å². The van der Waals surface area contributed by atoms with E-state index >= 15 is 0 Å². The lowest BCUT2D eigenvalue weighted by Gasteiger charge is -2.36. The average Bonchev–Trinajstić information content (AvgIpc) is 3.04. The van der Waals surface area contributed by atoms with Gasteiger partial charge >= 0.3 is 5.97 Å².